The second kappa shape index (κ2) is 13.1. The summed E-state index contributed by atoms with van der Waals surface area (Å²) in [6, 6.07) is 12.0. The maximum Gasteiger partial charge on any atom is 0.410 e. The number of fused-ring (bicyclic) bond motifs is 2. The average Bonchev–Trinajstić information content (AvgIpc) is 3.42. The quantitative estimate of drug-likeness (QED) is 0.199. The Bertz CT molecular complexity index is 1820. The monoisotopic (exact) mass is 669 g/mol. The Morgan fingerprint density at radius 3 is 2.40 bits per heavy atom. The molecule has 0 spiro atoms. The highest BCUT2D eigenvalue weighted by atomic mass is 28.4. The third-order valence-electron chi connectivity index (χ3n) is 9.52. The number of nitrogens with zero attached hydrogens (tertiary/aromatic N) is 4. The molecule has 48 heavy (non-hydrogen) atoms. The van der Waals surface area contributed by atoms with Crippen molar-refractivity contribution >= 4 is 31.5 Å². The zero-order valence-electron chi connectivity index (χ0n) is 30.4. The van der Waals surface area contributed by atoms with Crippen molar-refractivity contribution in [2.24, 2.45) is 0 Å². The normalized spacial score (nSPS) is 14.5. The summed E-state index contributed by atoms with van der Waals surface area (Å²) in [7, 11) is -0.0960. The maximum absolute atomic E-state index is 13.3. The molecule has 0 fully saturated rings. The number of aryl methyl sites for hydroxylation is 1. The van der Waals surface area contributed by atoms with Gasteiger partial charge in [0.15, 0.2) is 14.0 Å². The number of carbonyl (C=O) groups excluding carboxylic acids is 2. The van der Waals surface area contributed by atoms with Gasteiger partial charge in [-0.15, -0.1) is 0 Å². The molecule has 2 aromatic heterocycles. The van der Waals surface area contributed by atoms with Gasteiger partial charge >= 0.3 is 6.09 Å². The van der Waals surface area contributed by atoms with Crippen LogP contribution in [0, 0.1) is 6.92 Å². The van der Waals surface area contributed by atoms with E-state index >= 15 is 0 Å². The fraction of sp³-hybridized carbons (Fsp3) is 0.474. The highest BCUT2D eigenvalue weighted by molar-refractivity contribution is 6.74. The Morgan fingerprint density at radius 1 is 1.06 bits per heavy atom. The van der Waals surface area contributed by atoms with Gasteiger partial charge in [0.05, 0.1) is 18.0 Å². The van der Waals surface area contributed by atoms with Gasteiger partial charge in [-0.1, -0.05) is 32.9 Å². The van der Waals surface area contributed by atoms with E-state index in [0.29, 0.717) is 30.8 Å². The first-order valence-corrected chi connectivity index (χ1v) is 19.7. The van der Waals surface area contributed by atoms with Crippen LogP contribution in [0.5, 0.6) is 0 Å². The van der Waals surface area contributed by atoms with Crippen LogP contribution >= 0.6 is 0 Å². The van der Waals surface area contributed by atoms with Gasteiger partial charge in [-0.3, -0.25) is 4.79 Å². The summed E-state index contributed by atoms with van der Waals surface area (Å²) in [6.07, 6.45) is 4.13. The minimum atomic E-state index is -1.93. The van der Waals surface area contributed by atoms with Crippen LogP contribution in [0.25, 0.3) is 33.5 Å². The lowest BCUT2D eigenvalue weighted by Gasteiger charge is -2.39. The summed E-state index contributed by atoms with van der Waals surface area (Å²) in [6.45, 7) is 22.6. The summed E-state index contributed by atoms with van der Waals surface area (Å²) in [5.74, 6) is -0.0368. The molecule has 3 heterocycles. The Balaban J connectivity index is 1.32. The number of hydrogen-bond acceptors (Lipinski definition) is 6. The first-order valence-electron chi connectivity index (χ1n) is 16.8. The molecule has 1 aliphatic rings. The number of aromatic amines is 1. The highest BCUT2D eigenvalue weighted by Gasteiger charge is 2.38. The van der Waals surface area contributed by atoms with Crippen LogP contribution in [0.3, 0.4) is 0 Å². The summed E-state index contributed by atoms with van der Waals surface area (Å²) in [5, 5.41) is 0.111. The Morgan fingerprint density at radius 2 is 1.75 bits per heavy atom. The van der Waals surface area contributed by atoms with Gasteiger partial charge in [-0.25, -0.2) is 14.8 Å². The van der Waals surface area contributed by atoms with Crippen molar-refractivity contribution in [3.05, 3.63) is 71.0 Å². The van der Waals surface area contributed by atoms with E-state index in [1.54, 1.807) is 16.0 Å². The molecule has 0 unspecified atom stereocenters. The minimum Gasteiger partial charge on any atom is -0.444 e. The average molecular weight is 670 g/mol. The van der Waals surface area contributed by atoms with E-state index in [1.165, 1.54) is 5.56 Å². The second-order valence-electron chi connectivity index (χ2n) is 15.7. The van der Waals surface area contributed by atoms with Gasteiger partial charge in [0, 0.05) is 49.6 Å². The van der Waals surface area contributed by atoms with Gasteiger partial charge in [-0.2, -0.15) is 0 Å². The van der Waals surface area contributed by atoms with Crippen LogP contribution in [-0.2, 0) is 22.1 Å². The van der Waals surface area contributed by atoms with Crippen molar-refractivity contribution < 1.29 is 18.8 Å². The predicted octanol–water partition coefficient (Wildman–Crippen LogP) is 8.38. The number of H-pyrrole nitrogens is 1. The lowest BCUT2D eigenvalue weighted by Crippen LogP contribution is -2.46. The summed E-state index contributed by atoms with van der Waals surface area (Å²) >= 11 is 0. The van der Waals surface area contributed by atoms with Crippen molar-refractivity contribution in [1.82, 2.24) is 24.8 Å². The second-order valence-corrected chi connectivity index (χ2v) is 20.4. The number of ether oxygens (including phenoxy) is 1. The molecular weight excluding hydrogens is 619 g/mol. The van der Waals surface area contributed by atoms with Crippen LogP contribution in [0.15, 0.2) is 48.8 Å². The summed E-state index contributed by atoms with van der Waals surface area (Å²) in [4.78, 5) is 42.6. The minimum absolute atomic E-state index is 0.0368. The van der Waals surface area contributed by atoms with Crippen LogP contribution in [0.4, 0.5) is 4.79 Å². The Kier molecular flexibility index (Phi) is 9.64. The number of likely N-dealkylation sites (N-methyl/N-ethyl adjacent to an activating group) is 1. The predicted molar refractivity (Wildman–Crippen MR) is 195 cm³/mol. The Hall–Kier alpha value is -4.02. The highest BCUT2D eigenvalue weighted by Crippen LogP contribution is 2.37. The van der Waals surface area contributed by atoms with E-state index in [1.807, 2.05) is 65.2 Å². The first-order chi connectivity index (χ1) is 22.3. The third-order valence-corrected chi connectivity index (χ3v) is 14.1. The number of carbonyl (C=O) groups is 2. The first kappa shape index (κ1) is 35.3. The van der Waals surface area contributed by atoms with Crippen molar-refractivity contribution in [3.63, 3.8) is 0 Å². The molecule has 10 heteroatoms. The number of rotatable bonds is 7. The number of hydrogen-bond donors (Lipinski definition) is 1. The molecule has 256 valence electrons. The molecule has 5 rings (SSSR count). The zero-order valence-corrected chi connectivity index (χ0v) is 31.4. The number of aromatic nitrogens is 3. The number of nitrogens with one attached hydrogen (secondary N) is 1. The SMILES string of the molecule is Cc1cc(-c2cnc3[nH]cc(-c4ccc(C(=O)N(C)C[C@H](C)O[Si](C)(C)C(C)(C)C)cc4)c3n2)cc2c1CN(C(=O)OC(C)(C)C)CC2. The molecule has 1 N–H and O–H groups in total. The molecule has 0 saturated carbocycles. The molecular formula is C38H51N5O4Si. The molecule has 0 saturated heterocycles. The van der Waals surface area contributed by atoms with E-state index in [0.717, 1.165) is 45.4 Å². The van der Waals surface area contributed by atoms with E-state index in [-0.39, 0.29) is 23.1 Å². The van der Waals surface area contributed by atoms with E-state index < -0.39 is 13.9 Å². The zero-order chi connectivity index (χ0) is 35.2. The smallest absolute Gasteiger partial charge is 0.410 e. The van der Waals surface area contributed by atoms with Crippen molar-refractivity contribution in [3.8, 4) is 22.4 Å². The van der Waals surface area contributed by atoms with E-state index in [9.17, 15) is 9.59 Å². The van der Waals surface area contributed by atoms with Crippen molar-refractivity contribution in [1.29, 1.82) is 0 Å². The van der Waals surface area contributed by atoms with Crippen LogP contribution in [0.2, 0.25) is 18.1 Å². The van der Waals surface area contributed by atoms with Crippen LogP contribution in [-0.4, -0.2) is 76.9 Å². The van der Waals surface area contributed by atoms with Gasteiger partial charge in [0.2, 0.25) is 0 Å². The molecule has 4 aromatic rings. The number of amides is 2. The van der Waals surface area contributed by atoms with Gasteiger partial charge in [0.1, 0.15) is 11.1 Å². The third kappa shape index (κ3) is 7.65. The topological polar surface area (TPSA) is 101 Å². The largest absolute Gasteiger partial charge is 0.444 e. The summed E-state index contributed by atoms with van der Waals surface area (Å²) < 4.78 is 12.1. The molecule has 0 aliphatic carbocycles. The lowest BCUT2D eigenvalue weighted by atomic mass is 9.92. The molecule has 0 radical (unpaired) electrons. The fourth-order valence-corrected chi connectivity index (χ4v) is 7.38. The fourth-order valence-electron chi connectivity index (χ4n) is 5.94. The van der Waals surface area contributed by atoms with Crippen molar-refractivity contribution in [2.45, 2.75) is 98.2 Å². The van der Waals surface area contributed by atoms with E-state index in [2.05, 4.69) is 57.9 Å². The molecule has 1 atom stereocenters. The molecule has 1 aliphatic heterocycles. The van der Waals surface area contributed by atoms with Gasteiger partial charge < -0.3 is 23.9 Å². The van der Waals surface area contributed by atoms with Crippen LogP contribution in [0.1, 0.15) is 75.5 Å². The number of benzene rings is 2. The maximum atomic E-state index is 13.3. The Labute approximate surface area is 286 Å². The van der Waals surface area contributed by atoms with Gasteiger partial charge in [-0.05, 0) is 106 Å². The van der Waals surface area contributed by atoms with Crippen molar-refractivity contribution in [2.75, 3.05) is 20.1 Å². The molecule has 2 amide bonds. The molecule has 9 nitrogen and oxygen atoms in total. The standard InChI is InChI=1S/C38H51N5O4Si/c1-24-18-29(19-28-16-17-43(23-31(24)28)36(45)46-37(3,4)5)32-21-40-34-33(41-32)30(20-39-34)26-12-14-27(15-13-26)35(44)42(9)22-25(2)47-48(10,11)38(6,7)8/h12-15,18-21,25H,16-17,22-23H2,1-11H3,(H,39,40)/t25-/m0/s1. The van der Waals surface area contributed by atoms with Gasteiger partial charge in [0.25, 0.3) is 5.91 Å². The molecule has 2 aromatic carbocycles. The molecule has 0 bridgehead atoms. The van der Waals surface area contributed by atoms with E-state index in [4.69, 9.17) is 19.1 Å². The van der Waals surface area contributed by atoms with Crippen LogP contribution < -0.4 is 0 Å². The summed E-state index contributed by atoms with van der Waals surface area (Å²) in [5.41, 5.74) is 8.70. The lowest BCUT2D eigenvalue weighted by molar-refractivity contribution is 0.0223.